The lowest BCUT2D eigenvalue weighted by Gasteiger charge is -2.11. The third kappa shape index (κ3) is 8.17. The number of hydrogen-bond donors (Lipinski definition) is 1. The zero-order valence-electron chi connectivity index (χ0n) is 7.54. The second-order valence-electron chi connectivity index (χ2n) is 2.70. The summed E-state index contributed by atoms with van der Waals surface area (Å²) >= 11 is 1.76. The summed E-state index contributed by atoms with van der Waals surface area (Å²) in [5, 5.41) is 9.87. The summed E-state index contributed by atoms with van der Waals surface area (Å²) in [7, 11) is 0. The molecule has 0 saturated carbocycles. The molecule has 68 valence electrons. The Labute approximate surface area is 73.3 Å². The van der Waals surface area contributed by atoms with Gasteiger partial charge in [0, 0.05) is 12.4 Å². The Morgan fingerprint density at radius 1 is 1.45 bits per heavy atom. The molecule has 1 unspecified atom stereocenters. The van der Waals surface area contributed by atoms with Crippen molar-refractivity contribution in [1.82, 2.24) is 0 Å². The normalized spacial score (nSPS) is 13.9. The van der Waals surface area contributed by atoms with E-state index < -0.39 is 0 Å². The molecule has 0 aliphatic rings. The Bertz CT molecular complexity index is 86.2. The van der Waals surface area contributed by atoms with Crippen LogP contribution in [0.25, 0.3) is 0 Å². The molecule has 0 bridgehead atoms. The lowest BCUT2D eigenvalue weighted by atomic mass is 10.4. The van der Waals surface area contributed by atoms with Gasteiger partial charge in [-0.2, -0.15) is 11.8 Å². The van der Waals surface area contributed by atoms with Crippen LogP contribution in [0.15, 0.2) is 0 Å². The van der Waals surface area contributed by atoms with Crippen LogP contribution in [0, 0.1) is 0 Å². The Hall–Kier alpha value is 0.270. The first kappa shape index (κ1) is 11.3. The molecule has 0 saturated heterocycles. The van der Waals surface area contributed by atoms with Crippen LogP contribution in [0.4, 0.5) is 0 Å². The van der Waals surface area contributed by atoms with Crippen LogP contribution in [0.3, 0.4) is 0 Å². The number of rotatable bonds is 6. The highest BCUT2D eigenvalue weighted by Crippen LogP contribution is 2.10. The SMILES string of the molecule is CCOCC(O)CSC(C)C. The molecule has 1 atom stereocenters. The van der Waals surface area contributed by atoms with Gasteiger partial charge in [0.15, 0.2) is 0 Å². The third-order valence-electron chi connectivity index (χ3n) is 1.14. The van der Waals surface area contributed by atoms with E-state index >= 15 is 0 Å². The molecule has 0 aromatic heterocycles. The zero-order valence-corrected chi connectivity index (χ0v) is 8.36. The van der Waals surface area contributed by atoms with Crippen LogP contribution in [-0.2, 0) is 4.74 Å². The summed E-state index contributed by atoms with van der Waals surface area (Å²) in [6, 6.07) is 0. The first-order chi connectivity index (χ1) is 5.16. The Kier molecular flexibility index (Phi) is 7.12. The van der Waals surface area contributed by atoms with Gasteiger partial charge in [0.25, 0.3) is 0 Å². The maximum Gasteiger partial charge on any atom is 0.0863 e. The average molecular weight is 178 g/mol. The van der Waals surface area contributed by atoms with Crippen LogP contribution >= 0.6 is 11.8 Å². The maximum absolute atomic E-state index is 9.28. The lowest BCUT2D eigenvalue weighted by molar-refractivity contribution is 0.0551. The smallest absolute Gasteiger partial charge is 0.0863 e. The van der Waals surface area contributed by atoms with Crippen molar-refractivity contribution in [3.05, 3.63) is 0 Å². The first-order valence-corrected chi connectivity index (χ1v) is 5.09. The van der Waals surface area contributed by atoms with E-state index in [0.29, 0.717) is 18.5 Å². The second-order valence-corrected chi connectivity index (χ2v) is 4.30. The summed E-state index contributed by atoms with van der Waals surface area (Å²) in [5.74, 6) is 0.775. The van der Waals surface area contributed by atoms with E-state index in [1.54, 1.807) is 11.8 Å². The fourth-order valence-corrected chi connectivity index (χ4v) is 1.31. The molecule has 0 aromatic rings. The topological polar surface area (TPSA) is 29.5 Å². The maximum atomic E-state index is 9.28. The van der Waals surface area contributed by atoms with Crippen LogP contribution < -0.4 is 0 Å². The fraction of sp³-hybridized carbons (Fsp3) is 1.00. The van der Waals surface area contributed by atoms with Gasteiger partial charge in [0.2, 0.25) is 0 Å². The van der Waals surface area contributed by atoms with Crippen molar-refractivity contribution in [1.29, 1.82) is 0 Å². The predicted molar refractivity (Wildman–Crippen MR) is 50.1 cm³/mol. The molecule has 2 nitrogen and oxygen atoms in total. The van der Waals surface area contributed by atoms with E-state index in [-0.39, 0.29) is 6.10 Å². The summed E-state index contributed by atoms with van der Waals surface area (Å²) in [6.45, 7) is 7.33. The first-order valence-electron chi connectivity index (χ1n) is 4.04. The summed E-state index contributed by atoms with van der Waals surface area (Å²) < 4.78 is 5.06. The highest BCUT2D eigenvalue weighted by Gasteiger charge is 2.04. The zero-order chi connectivity index (χ0) is 8.69. The summed E-state index contributed by atoms with van der Waals surface area (Å²) in [4.78, 5) is 0. The van der Waals surface area contributed by atoms with Gasteiger partial charge in [-0.25, -0.2) is 0 Å². The van der Waals surface area contributed by atoms with Crippen molar-refractivity contribution in [2.75, 3.05) is 19.0 Å². The van der Waals surface area contributed by atoms with Gasteiger partial charge >= 0.3 is 0 Å². The molecule has 0 fully saturated rings. The van der Waals surface area contributed by atoms with Gasteiger partial charge < -0.3 is 9.84 Å². The number of aliphatic hydroxyl groups excluding tert-OH is 1. The molecule has 0 heterocycles. The number of hydrogen-bond acceptors (Lipinski definition) is 3. The van der Waals surface area contributed by atoms with Gasteiger partial charge in [-0.05, 0) is 12.2 Å². The molecule has 0 spiro atoms. The summed E-state index contributed by atoms with van der Waals surface area (Å²) in [6.07, 6.45) is -0.303. The van der Waals surface area contributed by atoms with Gasteiger partial charge in [-0.3, -0.25) is 0 Å². The minimum absolute atomic E-state index is 0.303. The third-order valence-corrected chi connectivity index (χ3v) is 2.38. The molecule has 0 aliphatic carbocycles. The van der Waals surface area contributed by atoms with E-state index in [9.17, 15) is 5.11 Å². The average Bonchev–Trinajstić information content (AvgIpc) is 1.97. The molecule has 3 heteroatoms. The van der Waals surface area contributed by atoms with E-state index in [2.05, 4.69) is 13.8 Å². The Balaban J connectivity index is 3.15. The van der Waals surface area contributed by atoms with E-state index in [1.807, 2.05) is 6.92 Å². The van der Waals surface area contributed by atoms with Crippen LogP contribution in [0.1, 0.15) is 20.8 Å². The molecule has 0 rings (SSSR count). The van der Waals surface area contributed by atoms with Crippen molar-refractivity contribution in [2.24, 2.45) is 0 Å². The monoisotopic (exact) mass is 178 g/mol. The van der Waals surface area contributed by atoms with E-state index in [1.165, 1.54) is 0 Å². The summed E-state index contributed by atoms with van der Waals surface area (Å²) in [5.41, 5.74) is 0. The molecule has 1 N–H and O–H groups in total. The van der Waals surface area contributed by atoms with Crippen LogP contribution in [-0.4, -0.2) is 35.4 Å². The minimum atomic E-state index is -0.303. The van der Waals surface area contributed by atoms with Crippen molar-refractivity contribution in [2.45, 2.75) is 32.1 Å². The van der Waals surface area contributed by atoms with Gasteiger partial charge in [-0.15, -0.1) is 0 Å². The molecule has 11 heavy (non-hydrogen) atoms. The second kappa shape index (κ2) is 6.95. The Morgan fingerprint density at radius 3 is 2.55 bits per heavy atom. The molecular weight excluding hydrogens is 160 g/mol. The Morgan fingerprint density at radius 2 is 2.09 bits per heavy atom. The van der Waals surface area contributed by atoms with E-state index in [4.69, 9.17) is 4.74 Å². The molecule has 0 amide bonds. The number of aliphatic hydroxyl groups is 1. The highest BCUT2D eigenvalue weighted by molar-refractivity contribution is 7.99. The lowest BCUT2D eigenvalue weighted by Crippen LogP contribution is -2.18. The van der Waals surface area contributed by atoms with Crippen LogP contribution in [0.2, 0.25) is 0 Å². The molecule has 0 aromatic carbocycles. The molecule has 0 radical (unpaired) electrons. The van der Waals surface area contributed by atoms with Crippen molar-refractivity contribution >= 4 is 11.8 Å². The van der Waals surface area contributed by atoms with Crippen LogP contribution in [0.5, 0.6) is 0 Å². The molecular formula is C8H18O2S. The highest BCUT2D eigenvalue weighted by atomic mass is 32.2. The van der Waals surface area contributed by atoms with E-state index in [0.717, 1.165) is 5.75 Å². The molecule has 0 aliphatic heterocycles. The fourth-order valence-electron chi connectivity index (χ4n) is 0.606. The van der Waals surface area contributed by atoms with Gasteiger partial charge in [-0.1, -0.05) is 13.8 Å². The number of thioether (sulfide) groups is 1. The van der Waals surface area contributed by atoms with Crippen molar-refractivity contribution in [3.63, 3.8) is 0 Å². The standard InChI is InChI=1S/C8H18O2S/c1-4-10-5-8(9)6-11-7(2)3/h7-9H,4-6H2,1-3H3. The van der Waals surface area contributed by atoms with Crippen molar-refractivity contribution < 1.29 is 9.84 Å². The van der Waals surface area contributed by atoms with Gasteiger partial charge in [0.05, 0.1) is 12.7 Å². The predicted octanol–water partition coefficient (Wildman–Crippen LogP) is 1.53. The minimum Gasteiger partial charge on any atom is -0.390 e. The number of ether oxygens (including phenoxy) is 1. The quantitative estimate of drug-likeness (QED) is 0.669. The van der Waals surface area contributed by atoms with Crippen molar-refractivity contribution in [3.8, 4) is 0 Å². The largest absolute Gasteiger partial charge is 0.390 e. The van der Waals surface area contributed by atoms with Gasteiger partial charge in [0.1, 0.15) is 0 Å².